The minimum atomic E-state index is -0.0522. The van der Waals surface area contributed by atoms with E-state index in [2.05, 4.69) is 10.3 Å². The molecule has 5 heteroatoms. The monoisotopic (exact) mass is 313 g/mol. The SMILES string of the molecule is COC[C@H](c1ccccn1)N(C)CC(=O)NCc1ccccc1. The van der Waals surface area contributed by atoms with E-state index >= 15 is 0 Å². The smallest absolute Gasteiger partial charge is 0.234 e. The highest BCUT2D eigenvalue weighted by Gasteiger charge is 2.20. The summed E-state index contributed by atoms with van der Waals surface area (Å²) in [5, 5.41) is 2.94. The van der Waals surface area contributed by atoms with Crippen LogP contribution < -0.4 is 5.32 Å². The Kier molecular flexibility index (Phi) is 6.72. The molecular weight excluding hydrogens is 290 g/mol. The molecule has 23 heavy (non-hydrogen) atoms. The highest BCUT2D eigenvalue weighted by Crippen LogP contribution is 2.16. The van der Waals surface area contributed by atoms with E-state index in [0.29, 0.717) is 13.2 Å². The molecule has 0 aliphatic rings. The first-order valence-corrected chi connectivity index (χ1v) is 7.61. The molecule has 0 fully saturated rings. The fourth-order valence-corrected chi connectivity index (χ4v) is 2.36. The van der Waals surface area contributed by atoms with Gasteiger partial charge in [0.1, 0.15) is 0 Å². The minimum absolute atomic E-state index is 0.0200. The Bertz CT molecular complexity index is 590. The maximum Gasteiger partial charge on any atom is 0.234 e. The van der Waals surface area contributed by atoms with Gasteiger partial charge in [-0.15, -0.1) is 0 Å². The van der Waals surface area contributed by atoms with E-state index < -0.39 is 0 Å². The molecule has 0 unspecified atom stereocenters. The van der Waals surface area contributed by atoms with Crippen LogP contribution in [0.15, 0.2) is 54.7 Å². The number of nitrogens with zero attached hydrogens (tertiary/aromatic N) is 2. The molecule has 0 saturated heterocycles. The number of benzene rings is 1. The summed E-state index contributed by atoms with van der Waals surface area (Å²) in [4.78, 5) is 18.5. The third-order valence-corrected chi connectivity index (χ3v) is 3.61. The fourth-order valence-electron chi connectivity index (χ4n) is 2.36. The summed E-state index contributed by atoms with van der Waals surface area (Å²) in [5.41, 5.74) is 1.98. The zero-order valence-electron chi connectivity index (χ0n) is 13.6. The van der Waals surface area contributed by atoms with Crippen LogP contribution >= 0.6 is 0 Å². The van der Waals surface area contributed by atoms with Gasteiger partial charge in [-0.05, 0) is 24.7 Å². The van der Waals surface area contributed by atoms with Crippen molar-refractivity contribution < 1.29 is 9.53 Å². The first-order valence-electron chi connectivity index (χ1n) is 7.61. The second-order valence-corrected chi connectivity index (χ2v) is 5.40. The normalized spacial score (nSPS) is 12.1. The van der Waals surface area contributed by atoms with Gasteiger partial charge in [-0.3, -0.25) is 14.7 Å². The van der Waals surface area contributed by atoms with Gasteiger partial charge in [-0.25, -0.2) is 0 Å². The number of aromatic nitrogens is 1. The zero-order valence-corrected chi connectivity index (χ0v) is 13.6. The summed E-state index contributed by atoms with van der Waals surface area (Å²) in [5.74, 6) is -0.0200. The zero-order chi connectivity index (χ0) is 16.5. The molecule has 0 aliphatic carbocycles. The summed E-state index contributed by atoms with van der Waals surface area (Å²) in [6, 6.07) is 15.6. The number of rotatable bonds is 8. The van der Waals surface area contributed by atoms with Gasteiger partial charge >= 0.3 is 0 Å². The van der Waals surface area contributed by atoms with Gasteiger partial charge in [0.25, 0.3) is 0 Å². The van der Waals surface area contributed by atoms with Crippen molar-refractivity contribution >= 4 is 5.91 Å². The minimum Gasteiger partial charge on any atom is -0.383 e. The Balaban J connectivity index is 1.90. The van der Waals surface area contributed by atoms with Crippen LogP contribution in [0.1, 0.15) is 17.3 Å². The van der Waals surface area contributed by atoms with Crippen molar-refractivity contribution in [3.8, 4) is 0 Å². The highest BCUT2D eigenvalue weighted by atomic mass is 16.5. The fraction of sp³-hybridized carbons (Fsp3) is 0.333. The van der Waals surface area contributed by atoms with Crippen molar-refractivity contribution in [2.24, 2.45) is 0 Å². The van der Waals surface area contributed by atoms with Crippen LogP contribution in [-0.4, -0.2) is 43.1 Å². The number of carbonyl (C=O) groups excluding carboxylic acids is 1. The number of nitrogens with one attached hydrogen (secondary N) is 1. The van der Waals surface area contributed by atoms with Crippen molar-refractivity contribution in [3.05, 3.63) is 66.0 Å². The molecule has 1 aromatic carbocycles. The van der Waals surface area contributed by atoms with Gasteiger partial charge in [0.2, 0.25) is 5.91 Å². The number of pyridine rings is 1. The van der Waals surface area contributed by atoms with Crippen LogP contribution in [0.4, 0.5) is 0 Å². The Labute approximate surface area is 137 Å². The summed E-state index contributed by atoms with van der Waals surface area (Å²) in [6.07, 6.45) is 1.75. The number of hydrogen-bond donors (Lipinski definition) is 1. The third kappa shape index (κ3) is 5.47. The molecule has 1 aromatic heterocycles. The van der Waals surface area contributed by atoms with Gasteiger partial charge in [0, 0.05) is 19.9 Å². The third-order valence-electron chi connectivity index (χ3n) is 3.61. The average molecular weight is 313 g/mol. The lowest BCUT2D eigenvalue weighted by molar-refractivity contribution is -0.122. The van der Waals surface area contributed by atoms with Crippen molar-refractivity contribution in [2.75, 3.05) is 27.3 Å². The number of ether oxygens (including phenoxy) is 1. The predicted molar refractivity (Wildman–Crippen MR) is 89.8 cm³/mol. The second-order valence-electron chi connectivity index (χ2n) is 5.40. The van der Waals surface area contributed by atoms with Crippen molar-refractivity contribution in [3.63, 3.8) is 0 Å². The van der Waals surface area contributed by atoms with Crippen LogP contribution in [0, 0.1) is 0 Å². The van der Waals surface area contributed by atoms with Crippen LogP contribution in [0.25, 0.3) is 0 Å². The van der Waals surface area contributed by atoms with E-state index in [9.17, 15) is 4.79 Å². The van der Waals surface area contributed by atoms with Crippen molar-refractivity contribution in [1.29, 1.82) is 0 Å². The summed E-state index contributed by atoms with van der Waals surface area (Å²) in [7, 11) is 3.56. The van der Waals surface area contributed by atoms with Crippen LogP contribution in [0.2, 0.25) is 0 Å². The average Bonchev–Trinajstić information content (AvgIpc) is 2.59. The van der Waals surface area contributed by atoms with Gasteiger partial charge in [-0.1, -0.05) is 36.4 Å². The molecular formula is C18H23N3O2. The van der Waals surface area contributed by atoms with Crippen molar-refractivity contribution in [1.82, 2.24) is 15.2 Å². The Hall–Kier alpha value is -2.24. The van der Waals surface area contributed by atoms with E-state index in [0.717, 1.165) is 11.3 Å². The van der Waals surface area contributed by atoms with E-state index in [-0.39, 0.29) is 18.5 Å². The lowest BCUT2D eigenvalue weighted by Crippen LogP contribution is -2.38. The number of carbonyl (C=O) groups is 1. The molecule has 2 aromatic rings. The Morgan fingerprint density at radius 1 is 1.22 bits per heavy atom. The van der Waals surface area contributed by atoms with Crippen LogP contribution in [0.5, 0.6) is 0 Å². The van der Waals surface area contributed by atoms with E-state index in [1.807, 2.05) is 60.5 Å². The molecule has 0 spiro atoms. The Morgan fingerprint density at radius 3 is 2.61 bits per heavy atom. The summed E-state index contributed by atoms with van der Waals surface area (Å²) < 4.78 is 5.28. The van der Waals surface area contributed by atoms with Crippen LogP contribution in [0.3, 0.4) is 0 Å². The first kappa shape index (κ1) is 17.1. The molecule has 122 valence electrons. The quantitative estimate of drug-likeness (QED) is 0.810. The molecule has 0 aliphatic heterocycles. The number of methoxy groups -OCH3 is 1. The second kappa shape index (κ2) is 9.02. The highest BCUT2D eigenvalue weighted by molar-refractivity contribution is 5.78. The van der Waals surface area contributed by atoms with Crippen LogP contribution in [-0.2, 0) is 16.1 Å². The summed E-state index contributed by atoms with van der Waals surface area (Å²) in [6.45, 7) is 1.31. The van der Waals surface area contributed by atoms with Crippen molar-refractivity contribution in [2.45, 2.75) is 12.6 Å². The van der Waals surface area contributed by atoms with Gasteiger partial charge in [0.05, 0.1) is 24.9 Å². The molecule has 0 bridgehead atoms. The first-order chi connectivity index (χ1) is 11.2. The molecule has 5 nitrogen and oxygen atoms in total. The number of hydrogen-bond acceptors (Lipinski definition) is 4. The molecule has 1 N–H and O–H groups in total. The maximum absolute atomic E-state index is 12.2. The van der Waals surface area contributed by atoms with E-state index in [1.54, 1.807) is 13.3 Å². The molecule has 1 amide bonds. The molecule has 1 heterocycles. The summed E-state index contributed by atoms with van der Waals surface area (Å²) >= 11 is 0. The van der Waals surface area contributed by atoms with E-state index in [4.69, 9.17) is 4.74 Å². The topological polar surface area (TPSA) is 54.5 Å². The molecule has 0 radical (unpaired) electrons. The van der Waals surface area contributed by atoms with Gasteiger partial charge in [-0.2, -0.15) is 0 Å². The largest absolute Gasteiger partial charge is 0.383 e. The predicted octanol–water partition coefficient (Wildman–Crippen LogP) is 2.02. The lowest BCUT2D eigenvalue weighted by Gasteiger charge is -2.26. The number of likely N-dealkylation sites (N-methyl/N-ethyl adjacent to an activating group) is 1. The van der Waals surface area contributed by atoms with E-state index in [1.165, 1.54) is 0 Å². The molecule has 1 atom stereocenters. The van der Waals surface area contributed by atoms with Gasteiger partial charge in [0.15, 0.2) is 0 Å². The van der Waals surface area contributed by atoms with Gasteiger partial charge < -0.3 is 10.1 Å². The number of amides is 1. The lowest BCUT2D eigenvalue weighted by atomic mass is 10.1. The molecule has 2 rings (SSSR count). The maximum atomic E-state index is 12.2. The molecule has 0 saturated carbocycles. The Morgan fingerprint density at radius 2 is 1.96 bits per heavy atom. The standard InChI is InChI=1S/C18H23N3O2/c1-21(17(14-23-2)16-10-6-7-11-19-16)13-18(22)20-12-15-8-4-3-5-9-15/h3-11,17H,12-14H2,1-2H3,(H,20,22)/t17-/m1/s1.